The fraction of sp³-hybridized carbons (Fsp3) is 0.588. The number of rotatable bonds is 7. The van der Waals surface area contributed by atoms with Crippen molar-refractivity contribution >= 4 is 6.09 Å². The topological polar surface area (TPSA) is 61.8 Å². The maximum Gasteiger partial charge on any atom is 0.407 e. The van der Waals surface area contributed by atoms with E-state index in [9.17, 15) is 9.90 Å². The monoisotopic (exact) mass is 308 g/mol. The highest BCUT2D eigenvalue weighted by molar-refractivity contribution is 5.68. The summed E-state index contributed by atoms with van der Waals surface area (Å²) < 4.78 is 5.26. The number of ether oxygens (including phenoxy) is 1. The molecule has 0 aliphatic rings. The van der Waals surface area contributed by atoms with E-state index in [4.69, 9.17) is 4.74 Å². The molecule has 5 heteroatoms. The van der Waals surface area contributed by atoms with Gasteiger partial charge in [-0.3, -0.25) is 0 Å². The van der Waals surface area contributed by atoms with E-state index in [-0.39, 0.29) is 12.6 Å². The summed E-state index contributed by atoms with van der Waals surface area (Å²) in [6.07, 6.45) is 0.0531. The number of carbonyl (C=O) groups excluding carboxylic acids is 1. The van der Waals surface area contributed by atoms with Gasteiger partial charge in [0.25, 0.3) is 0 Å². The van der Waals surface area contributed by atoms with Crippen molar-refractivity contribution in [3.63, 3.8) is 0 Å². The van der Waals surface area contributed by atoms with Gasteiger partial charge < -0.3 is 20.1 Å². The van der Waals surface area contributed by atoms with Crippen LogP contribution in [-0.2, 0) is 11.3 Å². The molecular formula is C17H28N2O3. The lowest BCUT2D eigenvalue weighted by molar-refractivity contribution is 0.0485. The summed E-state index contributed by atoms with van der Waals surface area (Å²) in [5.74, 6) is 0. The minimum atomic E-state index is -0.524. The Morgan fingerprint density at radius 1 is 1.32 bits per heavy atom. The van der Waals surface area contributed by atoms with Crippen molar-refractivity contribution in [3.05, 3.63) is 35.9 Å². The Morgan fingerprint density at radius 3 is 2.50 bits per heavy atom. The molecule has 1 amide bonds. The average Bonchev–Trinajstić information content (AvgIpc) is 2.37. The van der Waals surface area contributed by atoms with Crippen molar-refractivity contribution in [3.8, 4) is 0 Å². The summed E-state index contributed by atoms with van der Waals surface area (Å²) in [6.45, 7) is 6.95. The Hall–Kier alpha value is -1.59. The van der Waals surface area contributed by atoms with E-state index in [2.05, 4.69) is 22.3 Å². The smallest absolute Gasteiger partial charge is 0.407 e. The quantitative estimate of drug-likeness (QED) is 0.812. The lowest BCUT2D eigenvalue weighted by Gasteiger charge is -2.26. The third-order valence-corrected chi connectivity index (χ3v) is 3.03. The van der Waals surface area contributed by atoms with E-state index in [1.807, 2.05) is 46.0 Å². The normalized spacial score (nSPS) is 13.0. The molecule has 1 aromatic rings. The number of amides is 1. The van der Waals surface area contributed by atoms with Gasteiger partial charge in [-0.1, -0.05) is 30.3 Å². The standard InChI is InChI=1S/C17H28N2O3/c1-17(2,3)22-16(21)18-15(10-11-20)13-19(4)12-14-8-6-5-7-9-14/h5-9,15,20H,10-13H2,1-4H3,(H,18,21)/t15-/m1/s1. The first-order valence-corrected chi connectivity index (χ1v) is 7.63. The maximum atomic E-state index is 11.9. The highest BCUT2D eigenvalue weighted by Crippen LogP contribution is 2.08. The van der Waals surface area contributed by atoms with Gasteiger partial charge >= 0.3 is 6.09 Å². The SMILES string of the molecule is CN(Cc1ccccc1)C[C@@H](CCO)NC(=O)OC(C)(C)C. The number of aliphatic hydroxyl groups excluding tert-OH is 1. The molecule has 0 saturated carbocycles. The molecule has 0 aromatic heterocycles. The third kappa shape index (κ3) is 8.00. The van der Waals surface area contributed by atoms with Gasteiger partial charge in [0.15, 0.2) is 0 Å². The van der Waals surface area contributed by atoms with Crippen LogP contribution in [0.15, 0.2) is 30.3 Å². The number of nitrogens with zero attached hydrogens (tertiary/aromatic N) is 1. The second-order valence-corrected chi connectivity index (χ2v) is 6.54. The lowest BCUT2D eigenvalue weighted by atomic mass is 10.1. The minimum absolute atomic E-state index is 0.0274. The zero-order chi connectivity index (χ0) is 16.6. The second kappa shape index (κ2) is 8.76. The van der Waals surface area contributed by atoms with Crippen molar-refractivity contribution in [1.82, 2.24) is 10.2 Å². The summed E-state index contributed by atoms with van der Waals surface area (Å²) in [5, 5.41) is 12.0. The average molecular weight is 308 g/mol. The molecule has 0 unspecified atom stereocenters. The molecule has 0 bridgehead atoms. The van der Waals surface area contributed by atoms with Crippen LogP contribution in [0, 0.1) is 0 Å². The summed E-state index contributed by atoms with van der Waals surface area (Å²) in [4.78, 5) is 14.0. The van der Waals surface area contributed by atoms with Crippen LogP contribution in [0.5, 0.6) is 0 Å². The molecule has 0 aliphatic carbocycles. The molecular weight excluding hydrogens is 280 g/mol. The zero-order valence-electron chi connectivity index (χ0n) is 14.0. The predicted molar refractivity (Wildman–Crippen MR) is 87.6 cm³/mol. The maximum absolute atomic E-state index is 11.9. The summed E-state index contributed by atoms with van der Waals surface area (Å²) >= 11 is 0. The van der Waals surface area contributed by atoms with Gasteiger partial charge in [0.05, 0.1) is 0 Å². The van der Waals surface area contributed by atoms with E-state index >= 15 is 0 Å². The van der Waals surface area contributed by atoms with E-state index in [1.54, 1.807) is 0 Å². The van der Waals surface area contributed by atoms with Crippen molar-refractivity contribution < 1.29 is 14.6 Å². The van der Waals surface area contributed by atoms with E-state index in [1.165, 1.54) is 5.56 Å². The van der Waals surface area contributed by atoms with Crippen LogP contribution in [0.25, 0.3) is 0 Å². The molecule has 124 valence electrons. The van der Waals surface area contributed by atoms with Crippen molar-refractivity contribution in [1.29, 1.82) is 0 Å². The van der Waals surface area contributed by atoms with Crippen LogP contribution in [0.4, 0.5) is 4.79 Å². The van der Waals surface area contributed by atoms with Gasteiger partial charge in [-0.05, 0) is 39.8 Å². The number of nitrogens with one attached hydrogen (secondary N) is 1. The van der Waals surface area contributed by atoms with Gasteiger partial charge in [-0.25, -0.2) is 4.79 Å². The molecule has 1 rings (SSSR count). The Labute approximate surface area is 133 Å². The fourth-order valence-electron chi connectivity index (χ4n) is 2.18. The van der Waals surface area contributed by atoms with Crippen molar-refractivity contribution in [2.45, 2.75) is 45.4 Å². The van der Waals surface area contributed by atoms with Crippen molar-refractivity contribution in [2.75, 3.05) is 20.2 Å². The number of alkyl carbamates (subject to hydrolysis) is 1. The zero-order valence-corrected chi connectivity index (χ0v) is 14.0. The summed E-state index contributed by atoms with van der Waals surface area (Å²) in [6, 6.07) is 9.99. The first kappa shape index (κ1) is 18.5. The van der Waals surface area contributed by atoms with Crippen LogP contribution in [-0.4, -0.2) is 47.9 Å². The summed E-state index contributed by atoms with van der Waals surface area (Å²) in [7, 11) is 1.99. The molecule has 2 N–H and O–H groups in total. The molecule has 22 heavy (non-hydrogen) atoms. The van der Waals surface area contributed by atoms with Crippen LogP contribution in [0.3, 0.4) is 0 Å². The molecule has 0 heterocycles. The molecule has 0 saturated heterocycles. The van der Waals surface area contributed by atoms with Gasteiger partial charge in [0, 0.05) is 25.7 Å². The van der Waals surface area contributed by atoms with Crippen LogP contribution >= 0.6 is 0 Å². The molecule has 5 nitrogen and oxygen atoms in total. The predicted octanol–water partition coefficient (Wildman–Crippen LogP) is 2.39. The lowest BCUT2D eigenvalue weighted by Crippen LogP contribution is -2.45. The van der Waals surface area contributed by atoms with Crippen molar-refractivity contribution in [2.24, 2.45) is 0 Å². The van der Waals surface area contributed by atoms with Gasteiger partial charge in [0.1, 0.15) is 5.60 Å². The number of carbonyl (C=O) groups is 1. The fourth-order valence-corrected chi connectivity index (χ4v) is 2.18. The number of aliphatic hydroxyl groups is 1. The number of hydrogen-bond acceptors (Lipinski definition) is 4. The molecule has 0 spiro atoms. The first-order valence-electron chi connectivity index (χ1n) is 7.63. The number of likely N-dealkylation sites (N-methyl/N-ethyl adjacent to an activating group) is 1. The summed E-state index contributed by atoms with van der Waals surface area (Å²) in [5.41, 5.74) is 0.689. The highest BCUT2D eigenvalue weighted by atomic mass is 16.6. The van der Waals surface area contributed by atoms with E-state index < -0.39 is 11.7 Å². The second-order valence-electron chi connectivity index (χ2n) is 6.54. The largest absolute Gasteiger partial charge is 0.444 e. The third-order valence-electron chi connectivity index (χ3n) is 3.03. The first-order chi connectivity index (χ1) is 10.3. The Bertz CT molecular complexity index is 443. The molecule has 1 atom stereocenters. The van der Waals surface area contributed by atoms with Gasteiger partial charge in [-0.15, -0.1) is 0 Å². The highest BCUT2D eigenvalue weighted by Gasteiger charge is 2.20. The Kier molecular flexibility index (Phi) is 7.35. The molecule has 0 aliphatic heterocycles. The number of benzene rings is 1. The molecule has 0 radical (unpaired) electrons. The van der Waals surface area contributed by atoms with Gasteiger partial charge in [0.2, 0.25) is 0 Å². The Morgan fingerprint density at radius 2 is 1.95 bits per heavy atom. The Balaban J connectivity index is 2.50. The van der Waals surface area contributed by atoms with Crippen LogP contribution in [0.2, 0.25) is 0 Å². The van der Waals surface area contributed by atoms with Gasteiger partial charge in [-0.2, -0.15) is 0 Å². The van der Waals surface area contributed by atoms with Crippen LogP contribution in [0.1, 0.15) is 32.8 Å². The van der Waals surface area contributed by atoms with E-state index in [0.29, 0.717) is 13.0 Å². The molecule has 0 fully saturated rings. The molecule has 1 aromatic carbocycles. The van der Waals surface area contributed by atoms with Crippen LogP contribution < -0.4 is 5.32 Å². The minimum Gasteiger partial charge on any atom is -0.444 e. The van der Waals surface area contributed by atoms with E-state index in [0.717, 1.165) is 6.54 Å². The number of hydrogen-bond donors (Lipinski definition) is 2.